The van der Waals surface area contributed by atoms with Crippen molar-refractivity contribution in [2.24, 2.45) is 0 Å². The van der Waals surface area contributed by atoms with Gasteiger partial charge in [-0.25, -0.2) is 4.79 Å². The Balaban J connectivity index is 2.67. The normalized spacial score (nSPS) is 10.3. The number of benzene rings is 1. The van der Waals surface area contributed by atoms with Crippen molar-refractivity contribution in [2.45, 2.75) is 6.92 Å². The Hall–Kier alpha value is -2.01. The molecule has 0 spiro atoms. The van der Waals surface area contributed by atoms with Crippen LogP contribution in [0.25, 0.3) is 10.4 Å². The topological polar surface area (TPSA) is 55.8 Å². The van der Waals surface area contributed by atoms with Gasteiger partial charge in [-0.3, -0.25) is 0 Å². The molecule has 0 fully saturated rings. The number of aryl methyl sites for hydroxylation is 1. The van der Waals surface area contributed by atoms with Crippen LogP contribution in [0.4, 0.5) is 0 Å². The minimum Gasteiger partial charge on any atom is -0.496 e. The highest BCUT2D eigenvalue weighted by atomic mass is 32.1. The van der Waals surface area contributed by atoms with Crippen LogP contribution in [-0.2, 0) is 0 Å². The molecule has 2 aromatic rings. The Kier molecular flexibility index (Phi) is 3.76. The highest BCUT2D eigenvalue weighted by Gasteiger charge is 2.19. The second kappa shape index (κ2) is 5.32. The fourth-order valence-electron chi connectivity index (χ4n) is 1.91. The highest BCUT2D eigenvalue weighted by molar-refractivity contribution is 7.17. The molecule has 1 N–H and O–H groups in total. The molecule has 5 heteroatoms. The van der Waals surface area contributed by atoms with Crippen molar-refractivity contribution in [3.63, 3.8) is 0 Å². The smallest absolute Gasteiger partial charge is 0.345 e. The summed E-state index contributed by atoms with van der Waals surface area (Å²) in [5, 5.41) is 9.07. The molecule has 2 rings (SSSR count). The third-order valence-corrected chi connectivity index (χ3v) is 4.03. The summed E-state index contributed by atoms with van der Waals surface area (Å²) < 4.78 is 10.7. The lowest BCUT2D eigenvalue weighted by atomic mass is 10.1. The van der Waals surface area contributed by atoms with Gasteiger partial charge in [-0.05, 0) is 30.7 Å². The molecular weight excluding hydrogens is 264 g/mol. The van der Waals surface area contributed by atoms with E-state index >= 15 is 0 Å². The van der Waals surface area contributed by atoms with Gasteiger partial charge < -0.3 is 14.6 Å². The number of carboxylic acids is 1. The molecular formula is C14H14O4S. The minimum absolute atomic E-state index is 0.306. The summed E-state index contributed by atoms with van der Waals surface area (Å²) in [5.74, 6) is 0.413. The molecule has 1 aromatic carbocycles. The van der Waals surface area contributed by atoms with Crippen LogP contribution in [0.5, 0.6) is 11.5 Å². The van der Waals surface area contributed by atoms with Gasteiger partial charge in [0, 0.05) is 4.88 Å². The summed E-state index contributed by atoms with van der Waals surface area (Å²) in [7, 11) is 3.17. The van der Waals surface area contributed by atoms with Crippen LogP contribution in [0.1, 0.15) is 15.2 Å². The van der Waals surface area contributed by atoms with Gasteiger partial charge in [0.2, 0.25) is 0 Å². The van der Waals surface area contributed by atoms with Crippen molar-refractivity contribution in [1.29, 1.82) is 0 Å². The van der Waals surface area contributed by atoms with E-state index in [9.17, 15) is 4.79 Å². The van der Waals surface area contributed by atoms with Crippen LogP contribution in [0.15, 0.2) is 24.3 Å². The summed E-state index contributed by atoms with van der Waals surface area (Å²) in [4.78, 5) is 12.2. The Morgan fingerprint density at radius 3 is 2.21 bits per heavy atom. The van der Waals surface area contributed by atoms with Gasteiger partial charge in [0.25, 0.3) is 0 Å². The quantitative estimate of drug-likeness (QED) is 0.930. The molecule has 0 unspecified atom stereocenters. The van der Waals surface area contributed by atoms with Gasteiger partial charge in [-0.15, -0.1) is 11.3 Å². The van der Waals surface area contributed by atoms with E-state index in [-0.39, 0.29) is 0 Å². The number of rotatable bonds is 4. The average molecular weight is 278 g/mol. The number of methoxy groups -OCH3 is 2. The first-order chi connectivity index (χ1) is 9.08. The van der Waals surface area contributed by atoms with Gasteiger partial charge in [0.05, 0.1) is 19.8 Å². The molecule has 0 aliphatic carbocycles. The maximum Gasteiger partial charge on any atom is 0.345 e. The van der Waals surface area contributed by atoms with Crippen molar-refractivity contribution < 1.29 is 19.4 Å². The van der Waals surface area contributed by atoms with Crippen molar-refractivity contribution in [3.05, 3.63) is 34.7 Å². The Morgan fingerprint density at radius 2 is 1.79 bits per heavy atom. The van der Waals surface area contributed by atoms with Crippen molar-refractivity contribution >= 4 is 17.3 Å². The van der Waals surface area contributed by atoms with E-state index in [1.165, 1.54) is 11.3 Å². The van der Waals surface area contributed by atoms with Gasteiger partial charge in [-0.1, -0.05) is 6.07 Å². The SMILES string of the molecule is COc1cccc(OC)c1-c1sc(C(=O)O)cc1C. The first-order valence-electron chi connectivity index (χ1n) is 5.63. The number of aromatic carboxylic acids is 1. The zero-order chi connectivity index (χ0) is 14.0. The van der Waals surface area contributed by atoms with E-state index in [4.69, 9.17) is 14.6 Å². The second-order valence-corrected chi connectivity index (χ2v) is 5.02. The Morgan fingerprint density at radius 1 is 1.21 bits per heavy atom. The van der Waals surface area contributed by atoms with Crippen molar-refractivity contribution in [2.75, 3.05) is 14.2 Å². The first-order valence-corrected chi connectivity index (χ1v) is 6.45. The van der Waals surface area contributed by atoms with Crippen molar-refractivity contribution in [3.8, 4) is 21.9 Å². The van der Waals surface area contributed by atoms with Gasteiger partial charge >= 0.3 is 5.97 Å². The van der Waals surface area contributed by atoms with Crippen LogP contribution in [0.2, 0.25) is 0 Å². The number of thiophene rings is 1. The molecule has 1 heterocycles. The third kappa shape index (κ3) is 2.42. The molecule has 0 saturated heterocycles. The standard InChI is InChI=1S/C14H14O4S/c1-8-7-11(14(15)16)19-13(8)12-9(17-2)5-4-6-10(12)18-3/h4-7H,1-3H3,(H,15,16). The van der Waals surface area contributed by atoms with E-state index in [0.29, 0.717) is 16.4 Å². The molecule has 0 aliphatic rings. The molecule has 0 aliphatic heterocycles. The van der Waals surface area contributed by atoms with E-state index < -0.39 is 5.97 Å². The number of carboxylic acid groups (broad SMARTS) is 1. The van der Waals surface area contributed by atoms with E-state index in [1.54, 1.807) is 20.3 Å². The third-order valence-electron chi connectivity index (χ3n) is 2.78. The zero-order valence-electron chi connectivity index (χ0n) is 10.9. The number of hydrogen-bond donors (Lipinski definition) is 1. The fraction of sp³-hybridized carbons (Fsp3) is 0.214. The molecule has 19 heavy (non-hydrogen) atoms. The lowest BCUT2D eigenvalue weighted by Crippen LogP contribution is -1.92. The number of hydrogen-bond acceptors (Lipinski definition) is 4. The van der Waals surface area contributed by atoms with Crippen molar-refractivity contribution in [1.82, 2.24) is 0 Å². The van der Waals surface area contributed by atoms with Gasteiger partial charge in [0.1, 0.15) is 16.4 Å². The summed E-state index contributed by atoms with van der Waals surface area (Å²) in [6.45, 7) is 1.88. The second-order valence-electron chi connectivity index (χ2n) is 3.97. The van der Waals surface area contributed by atoms with E-state index in [1.807, 2.05) is 25.1 Å². The fourth-order valence-corrected chi connectivity index (χ4v) is 2.98. The molecule has 100 valence electrons. The predicted molar refractivity (Wildman–Crippen MR) is 74.6 cm³/mol. The number of ether oxygens (including phenoxy) is 2. The summed E-state index contributed by atoms with van der Waals surface area (Å²) in [5.41, 5.74) is 1.69. The van der Waals surface area contributed by atoms with E-state index in [2.05, 4.69) is 0 Å². The van der Waals surface area contributed by atoms with Gasteiger partial charge in [0.15, 0.2) is 0 Å². The van der Waals surface area contributed by atoms with Crippen LogP contribution in [0.3, 0.4) is 0 Å². The monoisotopic (exact) mass is 278 g/mol. The summed E-state index contributed by atoms with van der Waals surface area (Å²) >= 11 is 1.22. The molecule has 0 saturated carbocycles. The van der Waals surface area contributed by atoms with Crippen LogP contribution >= 0.6 is 11.3 Å². The van der Waals surface area contributed by atoms with E-state index in [0.717, 1.165) is 16.0 Å². The lowest BCUT2D eigenvalue weighted by molar-refractivity contribution is 0.0702. The molecule has 0 radical (unpaired) electrons. The lowest BCUT2D eigenvalue weighted by Gasteiger charge is -2.12. The molecule has 1 aromatic heterocycles. The molecule has 0 bridgehead atoms. The predicted octanol–water partition coefficient (Wildman–Crippen LogP) is 3.44. The largest absolute Gasteiger partial charge is 0.496 e. The summed E-state index contributed by atoms with van der Waals surface area (Å²) in [6, 6.07) is 7.16. The highest BCUT2D eigenvalue weighted by Crippen LogP contribution is 2.43. The van der Waals surface area contributed by atoms with Gasteiger partial charge in [-0.2, -0.15) is 0 Å². The molecule has 4 nitrogen and oxygen atoms in total. The Bertz CT molecular complexity index is 594. The first kappa shape index (κ1) is 13.4. The van der Waals surface area contributed by atoms with Crippen LogP contribution in [-0.4, -0.2) is 25.3 Å². The maximum absolute atomic E-state index is 11.1. The minimum atomic E-state index is -0.923. The summed E-state index contributed by atoms with van der Waals surface area (Å²) in [6.07, 6.45) is 0. The molecule has 0 atom stereocenters. The Labute approximate surface area is 115 Å². The zero-order valence-corrected chi connectivity index (χ0v) is 11.7. The molecule has 0 amide bonds. The average Bonchev–Trinajstić information content (AvgIpc) is 2.79. The maximum atomic E-state index is 11.1. The van der Waals surface area contributed by atoms with Crippen LogP contribution < -0.4 is 9.47 Å². The van der Waals surface area contributed by atoms with Crippen LogP contribution in [0, 0.1) is 6.92 Å². The number of carbonyl (C=O) groups is 1.